The van der Waals surface area contributed by atoms with Gasteiger partial charge in [0.15, 0.2) is 0 Å². The molecule has 0 saturated heterocycles. The molecule has 104 valence electrons. The van der Waals surface area contributed by atoms with Gasteiger partial charge in [-0.2, -0.15) is 0 Å². The molecule has 0 aliphatic heterocycles. The molecular formula is C14H11BrCl2N2O. The van der Waals surface area contributed by atoms with Gasteiger partial charge in [0.2, 0.25) is 5.91 Å². The third kappa shape index (κ3) is 3.66. The summed E-state index contributed by atoms with van der Waals surface area (Å²) >= 11 is 15.2. The summed E-state index contributed by atoms with van der Waals surface area (Å²) in [5.74, 6) is -0.487. The van der Waals surface area contributed by atoms with Crippen LogP contribution in [0.1, 0.15) is 11.6 Å². The second-order valence-electron chi connectivity index (χ2n) is 4.16. The number of nitrogens with two attached hydrogens (primary N) is 1. The highest BCUT2D eigenvalue weighted by molar-refractivity contribution is 9.10. The zero-order valence-corrected chi connectivity index (χ0v) is 13.3. The van der Waals surface area contributed by atoms with E-state index in [1.807, 2.05) is 6.07 Å². The number of halogens is 3. The van der Waals surface area contributed by atoms with Crippen molar-refractivity contribution in [2.45, 2.75) is 6.04 Å². The minimum absolute atomic E-state index is 0.487. The van der Waals surface area contributed by atoms with Crippen LogP contribution in [0.15, 0.2) is 46.9 Å². The summed E-state index contributed by atoms with van der Waals surface area (Å²) in [6.45, 7) is 0. The molecule has 1 unspecified atom stereocenters. The fourth-order valence-corrected chi connectivity index (χ4v) is 2.46. The molecule has 0 heterocycles. The minimum Gasteiger partial charge on any atom is -0.370 e. The Morgan fingerprint density at radius 1 is 1.20 bits per heavy atom. The molecule has 0 aliphatic carbocycles. The Morgan fingerprint density at radius 3 is 2.55 bits per heavy atom. The van der Waals surface area contributed by atoms with E-state index in [9.17, 15) is 4.79 Å². The molecule has 3 N–H and O–H groups in total. The first kappa shape index (κ1) is 15.2. The van der Waals surface area contributed by atoms with E-state index < -0.39 is 11.9 Å². The molecule has 1 amide bonds. The van der Waals surface area contributed by atoms with Gasteiger partial charge in [-0.15, -0.1) is 0 Å². The van der Waals surface area contributed by atoms with E-state index in [1.165, 1.54) is 0 Å². The van der Waals surface area contributed by atoms with Crippen molar-refractivity contribution in [2.24, 2.45) is 5.73 Å². The van der Waals surface area contributed by atoms with Crippen molar-refractivity contribution >= 4 is 50.7 Å². The van der Waals surface area contributed by atoms with Crippen LogP contribution >= 0.6 is 39.1 Å². The standard InChI is InChI=1S/C14H11BrCl2N2O/c15-11-6-8(4-5-12(11)17)13(14(18)20)19-10-3-1-2-9(16)7-10/h1-7,13,19H,(H2,18,20). The van der Waals surface area contributed by atoms with Crippen LogP contribution in [-0.2, 0) is 4.79 Å². The molecule has 2 rings (SSSR count). The summed E-state index contributed by atoms with van der Waals surface area (Å²) < 4.78 is 0.704. The minimum atomic E-state index is -0.665. The first-order valence-electron chi connectivity index (χ1n) is 5.74. The number of primary amides is 1. The number of benzene rings is 2. The van der Waals surface area contributed by atoms with E-state index in [-0.39, 0.29) is 0 Å². The number of carbonyl (C=O) groups is 1. The predicted molar refractivity (Wildman–Crippen MR) is 86.2 cm³/mol. The molecule has 0 radical (unpaired) electrons. The lowest BCUT2D eigenvalue weighted by atomic mass is 10.1. The number of hydrogen-bond donors (Lipinski definition) is 2. The van der Waals surface area contributed by atoms with Gasteiger partial charge in [0.05, 0.1) is 5.02 Å². The van der Waals surface area contributed by atoms with Gasteiger partial charge in [-0.1, -0.05) is 35.3 Å². The van der Waals surface area contributed by atoms with E-state index in [0.29, 0.717) is 25.8 Å². The van der Waals surface area contributed by atoms with Gasteiger partial charge in [-0.25, -0.2) is 0 Å². The smallest absolute Gasteiger partial charge is 0.244 e. The Morgan fingerprint density at radius 2 is 1.95 bits per heavy atom. The summed E-state index contributed by atoms with van der Waals surface area (Å²) in [7, 11) is 0. The van der Waals surface area contributed by atoms with Crippen molar-refractivity contribution < 1.29 is 4.79 Å². The Hall–Kier alpha value is -1.23. The lowest BCUT2D eigenvalue weighted by molar-refractivity contribution is -0.118. The van der Waals surface area contributed by atoms with Crippen molar-refractivity contribution in [3.05, 3.63) is 62.5 Å². The van der Waals surface area contributed by atoms with Crippen LogP contribution in [0.4, 0.5) is 5.69 Å². The monoisotopic (exact) mass is 372 g/mol. The van der Waals surface area contributed by atoms with E-state index in [4.69, 9.17) is 28.9 Å². The number of carbonyl (C=O) groups excluding carboxylic acids is 1. The number of rotatable bonds is 4. The molecule has 0 aliphatic rings. The van der Waals surface area contributed by atoms with Gasteiger partial charge in [0.1, 0.15) is 6.04 Å². The zero-order chi connectivity index (χ0) is 14.7. The Labute approximate surface area is 135 Å². The summed E-state index contributed by atoms with van der Waals surface area (Å²) in [5.41, 5.74) is 6.89. The van der Waals surface area contributed by atoms with E-state index in [1.54, 1.807) is 36.4 Å². The zero-order valence-electron chi connectivity index (χ0n) is 10.2. The Kier molecular flexibility index (Phi) is 4.91. The quantitative estimate of drug-likeness (QED) is 0.834. The van der Waals surface area contributed by atoms with Gasteiger partial charge in [-0.3, -0.25) is 4.79 Å². The van der Waals surface area contributed by atoms with E-state index in [0.717, 1.165) is 0 Å². The van der Waals surface area contributed by atoms with Crippen LogP contribution in [0.2, 0.25) is 10.0 Å². The molecule has 0 bridgehead atoms. The average molecular weight is 374 g/mol. The van der Waals surface area contributed by atoms with Crippen molar-refractivity contribution in [1.82, 2.24) is 0 Å². The van der Waals surface area contributed by atoms with E-state index >= 15 is 0 Å². The van der Waals surface area contributed by atoms with Crippen LogP contribution in [0, 0.1) is 0 Å². The maximum absolute atomic E-state index is 11.7. The lowest BCUT2D eigenvalue weighted by Gasteiger charge is -2.18. The molecule has 2 aromatic carbocycles. The molecule has 2 aromatic rings. The average Bonchev–Trinajstić information content (AvgIpc) is 2.39. The van der Waals surface area contributed by atoms with Gasteiger partial charge < -0.3 is 11.1 Å². The van der Waals surface area contributed by atoms with Crippen molar-refractivity contribution in [2.75, 3.05) is 5.32 Å². The second kappa shape index (κ2) is 6.48. The van der Waals surface area contributed by atoms with Crippen LogP contribution in [0.25, 0.3) is 0 Å². The van der Waals surface area contributed by atoms with Crippen LogP contribution in [-0.4, -0.2) is 5.91 Å². The molecular weight excluding hydrogens is 363 g/mol. The Bertz CT molecular complexity index is 649. The summed E-state index contributed by atoms with van der Waals surface area (Å²) in [6, 6.07) is 11.6. The Balaban J connectivity index is 2.32. The number of hydrogen-bond acceptors (Lipinski definition) is 2. The van der Waals surface area contributed by atoms with E-state index in [2.05, 4.69) is 21.2 Å². The number of nitrogens with one attached hydrogen (secondary N) is 1. The predicted octanol–water partition coefficient (Wildman–Crippen LogP) is 4.39. The van der Waals surface area contributed by atoms with Gasteiger partial charge in [-0.05, 0) is 51.8 Å². The highest BCUT2D eigenvalue weighted by Gasteiger charge is 2.18. The van der Waals surface area contributed by atoms with Crippen LogP contribution in [0.3, 0.4) is 0 Å². The van der Waals surface area contributed by atoms with Gasteiger partial charge in [0.25, 0.3) is 0 Å². The largest absolute Gasteiger partial charge is 0.370 e. The summed E-state index contributed by atoms with van der Waals surface area (Å²) in [6.07, 6.45) is 0. The first-order valence-corrected chi connectivity index (χ1v) is 7.28. The molecule has 6 heteroatoms. The molecule has 0 spiro atoms. The molecule has 20 heavy (non-hydrogen) atoms. The first-order chi connectivity index (χ1) is 9.47. The fourth-order valence-electron chi connectivity index (χ4n) is 1.76. The molecule has 3 nitrogen and oxygen atoms in total. The molecule has 0 fully saturated rings. The molecule has 1 atom stereocenters. The maximum atomic E-state index is 11.7. The highest BCUT2D eigenvalue weighted by atomic mass is 79.9. The summed E-state index contributed by atoms with van der Waals surface area (Å²) in [4.78, 5) is 11.7. The maximum Gasteiger partial charge on any atom is 0.244 e. The van der Waals surface area contributed by atoms with Crippen molar-refractivity contribution in [3.8, 4) is 0 Å². The third-order valence-electron chi connectivity index (χ3n) is 2.70. The SMILES string of the molecule is NC(=O)C(Nc1cccc(Cl)c1)c1ccc(Cl)c(Br)c1. The number of amides is 1. The van der Waals surface area contributed by atoms with Crippen LogP contribution < -0.4 is 11.1 Å². The molecule has 0 saturated carbocycles. The topological polar surface area (TPSA) is 55.1 Å². The third-order valence-corrected chi connectivity index (χ3v) is 4.15. The lowest BCUT2D eigenvalue weighted by Crippen LogP contribution is -2.27. The highest BCUT2D eigenvalue weighted by Crippen LogP contribution is 2.28. The molecule has 0 aromatic heterocycles. The second-order valence-corrected chi connectivity index (χ2v) is 5.86. The van der Waals surface area contributed by atoms with Crippen molar-refractivity contribution in [1.29, 1.82) is 0 Å². The van der Waals surface area contributed by atoms with Gasteiger partial charge >= 0.3 is 0 Å². The normalized spacial score (nSPS) is 11.9. The van der Waals surface area contributed by atoms with Crippen molar-refractivity contribution in [3.63, 3.8) is 0 Å². The summed E-state index contributed by atoms with van der Waals surface area (Å²) in [5, 5.41) is 4.21. The number of anilines is 1. The fraction of sp³-hybridized carbons (Fsp3) is 0.0714. The van der Waals surface area contributed by atoms with Gasteiger partial charge in [0, 0.05) is 15.2 Å². The van der Waals surface area contributed by atoms with Crippen LogP contribution in [0.5, 0.6) is 0 Å².